The fourth-order valence-corrected chi connectivity index (χ4v) is 3.29. The normalized spacial score (nSPS) is 11.1. The highest BCUT2D eigenvalue weighted by Gasteiger charge is 2.11. The summed E-state index contributed by atoms with van der Waals surface area (Å²) in [6, 6.07) is 18.6. The summed E-state index contributed by atoms with van der Waals surface area (Å²) >= 11 is 12.0. The Labute approximate surface area is 196 Å². The van der Waals surface area contributed by atoms with Crippen LogP contribution in [0.15, 0.2) is 71.8 Å². The average molecular weight is 470 g/mol. The Morgan fingerprint density at radius 1 is 0.906 bits per heavy atom. The Kier molecular flexibility index (Phi) is 7.87. The number of anilines is 1. The molecule has 164 valence electrons. The lowest BCUT2D eigenvalue weighted by Crippen LogP contribution is -2.19. The van der Waals surface area contributed by atoms with E-state index in [0.29, 0.717) is 39.9 Å². The molecule has 3 aromatic rings. The molecule has 0 saturated carbocycles. The van der Waals surface area contributed by atoms with Crippen LogP contribution in [0, 0.1) is 0 Å². The smallest absolute Gasteiger partial charge is 0.271 e. The van der Waals surface area contributed by atoms with Gasteiger partial charge >= 0.3 is 0 Å². The van der Waals surface area contributed by atoms with Crippen LogP contribution in [0.5, 0.6) is 5.75 Å². The second-order valence-electron chi connectivity index (χ2n) is 6.75. The number of hydrogen-bond donors (Lipinski definition) is 2. The molecule has 8 heteroatoms. The fourth-order valence-electron chi connectivity index (χ4n) is 2.80. The van der Waals surface area contributed by atoms with Gasteiger partial charge in [0.15, 0.2) is 0 Å². The van der Waals surface area contributed by atoms with Crippen molar-refractivity contribution in [3.63, 3.8) is 0 Å². The molecule has 3 rings (SSSR count). The van der Waals surface area contributed by atoms with Crippen LogP contribution in [0.4, 0.5) is 5.69 Å². The number of hydrazone groups is 1. The van der Waals surface area contributed by atoms with Crippen molar-refractivity contribution >= 4 is 46.4 Å². The summed E-state index contributed by atoms with van der Waals surface area (Å²) in [5, 5.41) is 7.67. The van der Waals surface area contributed by atoms with E-state index in [9.17, 15) is 9.59 Å². The lowest BCUT2D eigenvalue weighted by molar-refractivity contribution is 0.0954. The number of rotatable bonds is 7. The van der Waals surface area contributed by atoms with Crippen LogP contribution >= 0.6 is 23.2 Å². The lowest BCUT2D eigenvalue weighted by atomic mass is 10.1. The Balaban J connectivity index is 1.61. The van der Waals surface area contributed by atoms with E-state index in [1.807, 2.05) is 6.92 Å². The number of nitrogens with zero attached hydrogens (tertiary/aromatic N) is 1. The molecule has 0 bridgehead atoms. The fraction of sp³-hybridized carbons (Fsp3) is 0.125. The van der Waals surface area contributed by atoms with Gasteiger partial charge in [0.25, 0.3) is 11.8 Å². The first-order chi connectivity index (χ1) is 15.4. The predicted molar refractivity (Wildman–Crippen MR) is 128 cm³/mol. The van der Waals surface area contributed by atoms with E-state index in [4.69, 9.17) is 27.9 Å². The maximum Gasteiger partial charge on any atom is 0.271 e. The molecule has 0 aliphatic rings. The molecule has 3 aromatic carbocycles. The van der Waals surface area contributed by atoms with Gasteiger partial charge in [0, 0.05) is 16.3 Å². The average Bonchev–Trinajstić information content (AvgIpc) is 2.78. The van der Waals surface area contributed by atoms with E-state index < -0.39 is 0 Å². The summed E-state index contributed by atoms with van der Waals surface area (Å²) in [6.45, 7) is 4.24. The van der Waals surface area contributed by atoms with Crippen LogP contribution in [0.25, 0.3) is 0 Å². The molecule has 2 amide bonds. The third kappa shape index (κ3) is 6.09. The summed E-state index contributed by atoms with van der Waals surface area (Å²) in [5.41, 5.74) is 5.34. The van der Waals surface area contributed by atoms with Gasteiger partial charge in [0.2, 0.25) is 0 Å². The number of ether oxygens (including phenoxy) is 1. The molecule has 0 radical (unpaired) electrons. The van der Waals surface area contributed by atoms with Crippen molar-refractivity contribution in [3.8, 4) is 5.75 Å². The highest BCUT2D eigenvalue weighted by Crippen LogP contribution is 2.22. The summed E-state index contributed by atoms with van der Waals surface area (Å²) in [4.78, 5) is 24.7. The van der Waals surface area contributed by atoms with Gasteiger partial charge in [-0.05, 0) is 74.0 Å². The van der Waals surface area contributed by atoms with Crippen molar-refractivity contribution in [2.45, 2.75) is 13.8 Å². The molecule has 0 saturated heterocycles. The topological polar surface area (TPSA) is 79.8 Å². The Morgan fingerprint density at radius 3 is 2.19 bits per heavy atom. The number of hydrogen-bond acceptors (Lipinski definition) is 4. The minimum absolute atomic E-state index is 0.276. The Hall–Kier alpha value is -3.35. The molecule has 0 unspecified atom stereocenters. The standard InChI is InChI=1S/C24H21Cl2N3O3/c1-3-32-20-11-6-17(7-12-20)23(30)29-28-15(2)16-4-9-19(10-5-16)27-24(31)21-13-8-18(25)14-22(21)26/h4-14H,3H2,1-2H3,(H,27,31)(H,29,30). The number of carbonyl (C=O) groups is 2. The molecule has 0 atom stereocenters. The molecule has 2 N–H and O–H groups in total. The van der Waals surface area contributed by atoms with Crippen LogP contribution < -0.4 is 15.5 Å². The third-order valence-corrected chi connectivity index (χ3v) is 5.04. The zero-order valence-corrected chi connectivity index (χ0v) is 19.0. The van der Waals surface area contributed by atoms with Crippen LogP contribution in [-0.2, 0) is 0 Å². The highest BCUT2D eigenvalue weighted by molar-refractivity contribution is 6.37. The number of halogens is 2. The summed E-state index contributed by atoms with van der Waals surface area (Å²) < 4.78 is 5.37. The van der Waals surface area contributed by atoms with Gasteiger partial charge in [-0.15, -0.1) is 0 Å². The van der Waals surface area contributed by atoms with E-state index in [0.717, 1.165) is 5.56 Å². The maximum absolute atomic E-state index is 12.4. The summed E-state index contributed by atoms with van der Waals surface area (Å²) in [6.07, 6.45) is 0. The van der Waals surface area contributed by atoms with Crippen LogP contribution in [0.1, 0.15) is 40.1 Å². The predicted octanol–water partition coefficient (Wildman–Crippen LogP) is 5.80. The van der Waals surface area contributed by atoms with E-state index >= 15 is 0 Å². The summed E-state index contributed by atoms with van der Waals surface area (Å²) in [7, 11) is 0. The molecule has 0 heterocycles. The van der Waals surface area contributed by atoms with Crippen molar-refractivity contribution in [2.24, 2.45) is 5.10 Å². The molecule has 0 aliphatic carbocycles. The molecule has 0 aliphatic heterocycles. The second kappa shape index (κ2) is 10.8. The maximum atomic E-state index is 12.4. The van der Waals surface area contributed by atoms with E-state index in [-0.39, 0.29) is 16.8 Å². The van der Waals surface area contributed by atoms with Crippen molar-refractivity contribution in [1.29, 1.82) is 0 Å². The number of carbonyl (C=O) groups excluding carboxylic acids is 2. The van der Waals surface area contributed by atoms with Gasteiger partial charge in [-0.3, -0.25) is 9.59 Å². The number of benzene rings is 3. The van der Waals surface area contributed by atoms with Gasteiger partial charge < -0.3 is 10.1 Å². The molecular weight excluding hydrogens is 449 g/mol. The van der Waals surface area contributed by atoms with E-state index in [2.05, 4.69) is 15.8 Å². The zero-order chi connectivity index (χ0) is 23.1. The quantitative estimate of drug-likeness (QED) is 0.339. The van der Waals surface area contributed by atoms with E-state index in [1.54, 1.807) is 67.6 Å². The minimum atomic E-state index is -0.340. The van der Waals surface area contributed by atoms with Gasteiger partial charge in [0.05, 0.1) is 22.9 Å². The zero-order valence-electron chi connectivity index (χ0n) is 17.5. The van der Waals surface area contributed by atoms with Gasteiger partial charge in [-0.25, -0.2) is 5.43 Å². The molecule has 0 aromatic heterocycles. The number of amides is 2. The molecule has 0 spiro atoms. The van der Waals surface area contributed by atoms with Crippen molar-refractivity contribution in [2.75, 3.05) is 11.9 Å². The minimum Gasteiger partial charge on any atom is -0.494 e. The van der Waals surface area contributed by atoms with Crippen molar-refractivity contribution < 1.29 is 14.3 Å². The molecular formula is C24H21Cl2N3O3. The SMILES string of the molecule is CCOc1ccc(C(=O)NN=C(C)c2ccc(NC(=O)c3ccc(Cl)cc3Cl)cc2)cc1. The first-order valence-corrected chi connectivity index (χ1v) is 10.6. The third-order valence-electron chi connectivity index (χ3n) is 4.49. The first-order valence-electron chi connectivity index (χ1n) is 9.81. The second-order valence-corrected chi connectivity index (χ2v) is 7.59. The number of nitrogens with one attached hydrogen (secondary N) is 2. The monoisotopic (exact) mass is 469 g/mol. The molecule has 32 heavy (non-hydrogen) atoms. The van der Waals surface area contributed by atoms with Crippen LogP contribution in [-0.4, -0.2) is 24.1 Å². The van der Waals surface area contributed by atoms with E-state index in [1.165, 1.54) is 6.07 Å². The van der Waals surface area contributed by atoms with Crippen molar-refractivity contribution in [1.82, 2.24) is 5.43 Å². The van der Waals surface area contributed by atoms with Gasteiger partial charge in [0.1, 0.15) is 5.75 Å². The largest absolute Gasteiger partial charge is 0.494 e. The first kappa shape index (κ1) is 23.3. The molecule has 6 nitrogen and oxygen atoms in total. The van der Waals surface area contributed by atoms with Gasteiger partial charge in [-0.2, -0.15) is 5.10 Å². The Morgan fingerprint density at radius 2 is 1.56 bits per heavy atom. The van der Waals surface area contributed by atoms with Crippen molar-refractivity contribution in [3.05, 3.63) is 93.5 Å². The highest BCUT2D eigenvalue weighted by atomic mass is 35.5. The van der Waals surface area contributed by atoms with Crippen LogP contribution in [0.3, 0.4) is 0 Å². The van der Waals surface area contributed by atoms with Gasteiger partial charge in [-0.1, -0.05) is 35.3 Å². The lowest BCUT2D eigenvalue weighted by Gasteiger charge is -2.08. The Bertz CT molecular complexity index is 1140. The van der Waals surface area contributed by atoms with Crippen LogP contribution in [0.2, 0.25) is 10.0 Å². The molecule has 0 fully saturated rings. The summed E-state index contributed by atoms with van der Waals surface area (Å²) in [5.74, 6) is 0.0396.